The number of hydrogen-bond acceptors (Lipinski definition) is 4. The second-order valence-corrected chi connectivity index (χ2v) is 9.10. The summed E-state index contributed by atoms with van der Waals surface area (Å²) in [6, 6.07) is 3.20. The predicted molar refractivity (Wildman–Crippen MR) is 109 cm³/mol. The SMILES string of the molecule is C[C@@H]1Oc2cc3c(cc2NC1=O)[C@@H](N(CCCC(F)(F)F)C(=O)OC(C)(C)C)CCC3. The Bertz CT molecular complexity index is 848. The lowest BCUT2D eigenvalue weighted by atomic mass is 9.86. The first kappa shape index (κ1) is 23.2. The maximum atomic E-state index is 12.9. The lowest BCUT2D eigenvalue weighted by molar-refractivity contribution is -0.136. The van der Waals surface area contributed by atoms with Crippen LogP contribution in [0.3, 0.4) is 0 Å². The van der Waals surface area contributed by atoms with Gasteiger partial charge in [-0.2, -0.15) is 13.2 Å². The molecule has 9 heteroatoms. The zero-order valence-electron chi connectivity index (χ0n) is 18.3. The Morgan fingerprint density at radius 3 is 2.65 bits per heavy atom. The summed E-state index contributed by atoms with van der Waals surface area (Å²) in [5.41, 5.74) is 1.50. The summed E-state index contributed by atoms with van der Waals surface area (Å²) in [4.78, 5) is 26.3. The maximum Gasteiger partial charge on any atom is 0.410 e. The van der Waals surface area contributed by atoms with E-state index in [1.807, 2.05) is 6.07 Å². The molecule has 3 rings (SSSR count). The van der Waals surface area contributed by atoms with Gasteiger partial charge < -0.3 is 19.7 Å². The van der Waals surface area contributed by atoms with Crippen LogP contribution in [0.4, 0.5) is 23.7 Å². The molecule has 1 heterocycles. The fourth-order valence-electron chi connectivity index (χ4n) is 3.95. The van der Waals surface area contributed by atoms with Crippen LogP contribution in [0.2, 0.25) is 0 Å². The predicted octanol–water partition coefficient (Wildman–Crippen LogP) is 5.36. The van der Waals surface area contributed by atoms with Crippen LogP contribution in [0.1, 0.15) is 70.5 Å². The quantitative estimate of drug-likeness (QED) is 0.681. The topological polar surface area (TPSA) is 67.9 Å². The van der Waals surface area contributed by atoms with Crippen molar-refractivity contribution < 1.29 is 32.2 Å². The number of anilines is 1. The summed E-state index contributed by atoms with van der Waals surface area (Å²) in [6.07, 6.45) is -4.59. The lowest BCUT2D eigenvalue weighted by Gasteiger charge is -2.38. The molecule has 6 nitrogen and oxygen atoms in total. The minimum Gasteiger partial charge on any atom is -0.479 e. The number of fused-ring (bicyclic) bond motifs is 2. The van der Waals surface area contributed by atoms with Crippen LogP contribution in [-0.2, 0) is 16.0 Å². The van der Waals surface area contributed by atoms with Crippen molar-refractivity contribution in [1.82, 2.24) is 4.90 Å². The molecule has 172 valence electrons. The van der Waals surface area contributed by atoms with Crippen molar-refractivity contribution in [3.63, 3.8) is 0 Å². The van der Waals surface area contributed by atoms with Gasteiger partial charge in [-0.05, 0) is 76.6 Å². The average molecular weight is 442 g/mol. The van der Waals surface area contributed by atoms with Gasteiger partial charge in [-0.15, -0.1) is 0 Å². The number of amides is 2. The summed E-state index contributed by atoms with van der Waals surface area (Å²) < 4.78 is 49.4. The molecule has 1 aliphatic heterocycles. The van der Waals surface area contributed by atoms with Gasteiger partial charge in [0.25, 0.3) is 5.91 Å². The number of carbonyl (C=O) groups is 2. The van der Waals surface area contributed by atoms with Crippen LogP contribution in [0.15, 0.2) is 12.1 Å². The number of nitrogens with zero attached hydrogens (tertiary/aromatic N) is 1. The smallest absolute Gasteiger partial charge is 0.410 e. The van der Waals surface area contributed by atoms with Crippen molar-refractivity contribution in [1.29, 1.82) is 0 Å². The minimum absolute atomic E-state index is 0.0739. The first-order valence-electron chi connectivity index (χ1n) is 10.5. The van der Waals surface area contributed by atoms with Gasteiger partial charge in [0.2, 0.25) is 0 Å². The summed E-state index contributed by atoms with van der Waals surface area (Å²) in [5.74, 6) is 0.293. The fourth-order valence-corrected chi connectivity index (χ4v) is 3.95. The van der Waals surface area contributed by atoms with Crippen LogP contribution < -0.4 is 10.1 Å². The number of aryl methyl sites for hydroxylation is 1. The largest absolute Gasteiger partial charge is 0.479 e. The number of hydrogen-bond donors (Lipinski definition) is 1. The normalized spacial score (nSPS) is 20.8. The van der Waals surface area contributed by atoms with E-state index in [-0.39, 0.29) is 18.9 Å². The van der Waals surface area contributed by atoms with Crippen molar-refractivity contribution in [2.24, 2.45) is 0 Å². The number of rotatable bonds is 4. The van der Waals surface area contributed by atoms with E-state index in [9.17, 15) is 22.8 Å². The molecule has 0 saturated carbocycles. The Balaban J connectivity index is 1.91. The Labute approximate surface area is 180 Å². The fraction of sp³-hybridized carbons (Fsp3) is 0.636. The molecular weight excluding hydrogens is 413 g/mol. The molecule has 31 heavy (non-hydrogen) atoms. The van der Waals surface area contributed by atoms with Gasteiger partial charge in [0.1, 0.15) is 11.4 Å². The first-order chi connectivity index (χ1) is 14.3. The molecule has 0 bridgehead atoms. The number of carbonyl (C=O) groups excluding carboxylic acids is 2. The third-order valence-electron chi connectivity index (χ3n) is 5.32. The monoisotopic (exact) mass is 442 g/mol. The van der Waals surface area contributed by atoms with Crippen LogP contribution in [0.5, 0.6) is 5.75 Å². The number of ether oxygens (including phenoxy) is 2. The molecule has 1 aromatic rings. The molecule has 0 saturated heterocycles. The molecule has 0 unspecified atom stereocenters. The second-order valence-electron chi connectivity index (χ2n) is 9.10. The molecule has 2 amide bonds. The third kappa shape index (κ3) is 5.83. The van der Waals surface area contributed by atoms with Gasteiger partial charge in [0, 0.05) is 13.0 Å². The Hall–Kier alpha value is -2.45. The van der Waals surface area contributed by atoms with E-state index in [1.165, 1.54) is 4.90 Å². The van der Waals surface area contributed by atoms with Crippen LogP contribution in [0, 0.1) is 0 Å². The molecule has 1 aliphatic carbocycles. The van der Waals surface area contributed by atoms with E-state index in [4.69, 9.17) is 9.47 Å². The number of alkyl halides is 3. The van der Waals surface area contributed by atoms with Crippen LogP contribution in [0.25, 0.3) is 0 Å². The first-order valence-corrected chi connectivity index (χ1v) is 10.5. The van der Waals surface area contributed by atoms with E-state index < -0.39 is 36.4 Å². The van der Waals surface area contributed by atoms with Gasteiger partial charge in [-0.3, -0.25) is 4.79 Å². The Morgan fingerprint density at radius 2 is 2.00 bits per heavy atom. The van der Waals surface area contributed by atoms with Crippen molar-refractivity contribution in [3.05, 3.63) is 23.3 Å². The lowest BCUT2D eigenvalue weighted by Crippen LogP contribution is -2.41. The van der Waals surface area contributed by atoms with Crippen molar-refractivity contribution >= 4 is 17.7 Å². The van der Waals surface area contributed by atoms with Crippen LogP contribution >= 0.6 is 0 Å². The molecule has 1 aromatic carbocycles. The van der Waals surface area contributed by atoms with E-state index in [2.05, 4.69) is 5.32 Å². The minimum atomic E-state index is -4.29. The molecular formula is C22H29F3N2O4. The van der Waals surface area contributed by atoms with Gasteiger partial charge in [0.15, 0.2) is 6.10 Å². The summed E-state index contributed by atoms with van der Waals surface area (Å²) in [5, 5.41) is 2.80. The van der Waals surface area contributed by atoms with E-state index >= 15 is 0 Å². The average Bonchev–Trinajstić information content (AvgIpc) is 2.62. The van der Waals surface area contributed by atoms with Gasteiger partial charge in [-0.25, -0.2) is 4.79 Å². The van der Waals surface area contributed by atoms with Crippen LogP contribution in [-0.4, -0.2) is 41.3 Å². The highest BCUT2D eigenvalue weighted by Gasteiger charge is 2.35. The summed E-state index contributed by atoms with van der Waals surface area (Å²) in [6.45, 7) is 6.75. The van der Waals surface area contributed by atoms with E-state index in [1.54, 1.807) is 33.8 Å². The summed E-state index contributed by atoms with van der Waals surface area (Å²) in [7, 11) is 0. The Kier molecular flexibility index (Phi) is 6.43. The Morgan fingerprint density at radius 1 is 1.29 bits per heavy atom. The molecule has 1 N–H and O–H groups in total. The zero-order chi connectivity index (χ0) is 23.0. The molecule has 0 aromatic heterocycles. The molecule has 0 fully saturated rings. The van der Waals surface area contributed by atoms with E-state index in [0.29, 0.717) is 17.9 Å². The standard InChI is InChI=1S/C22H29F3N2O4/c1-13-19(28)26-16-12-15-14(11-18(16)30-13)7-5-8-17(15)27(10-6-9-22(23,24)25)20(29)31-21(2,3)4/h11-13,17H,5-10H2,1-4H3,(H,26,28)/t13-,17-/m0/s1. The zero-order valence-corrected chi connectivity index (χ0v) is 18.3. The van der Waals surface area contributed by atoms with Crippen molar-refractivity contribution in [2.45, 2.75) is 83.7 Å². The van der Waals surface area contributed by atoms with Crippen molar-refractivity contribution in [2.75, 3.05) is 11.9 Å². The highest BCUT2D eigenvalue weighted by atomic mass is 19.4. The van der Waals surface area contributed by atoms with Crippen molar-refractivity contribution in [3.8, 4) is 5.75 Å². The number of nitrogens with one attached hydrogen (secondary N) is 1. The summed E-state index contributed by atoms with van der Waals surface area (Å²) >= 11 is 0. The van der Waals surface area contributed by atoms with E-state index in [0.717, 1.165) is 24.0 Å². The maximum absolute atomic E-state index is 12.9. The second kappa shape index (κ2) is 8.59. The van der Waals surface area contributed by atoms with Gasteiger partial charge in [0.05, 0.1) is 11.7 Å². The number of benzene rings is 1. The molecule has 2 atom stereocenters. The highest BCUT2D eigenvalue weighted by Crippen LogP contribution is 2.42. The molecule has 0 spiro atoms. The third-order valence-corrected chi connectivity index (χ3v) is 5.32. The number of halogens is 3. The molecule has 2 aliphatic rings. The molecule has 0 radical (unpaired) electrons. The van der Waals surface area contributed by atoms with Gasteiger partial charge >= 0.3 is 12.3 Å². The van der Waals surface area contributed by atoms with Gasteiger partial charge in [-0.1, -0.05) is 0 Å². The highest BCUT2D eigenvalue weighted by molar-refractivity contribution is 5.97.